The van der Waals surface area contributed by atoms with Crippen LogP contribution in [-0.2, 0) is 21.4 Å². The predicted octanol–water partition coefficient (Wildman–Crippen LogP) is 2.74. The molecule has 1 saturated heterocycles. The van der Waals surface area contributed by atoms with Crippen LogP contribution < -0.4 is 0 Å². The van der Waals surface area contributed by atoms with Crippen molar-refractivity contribution in [3.63, 3.8) is 0 Å². The Morgan fingerprint density at radius 2 is 1.86 bits per heavy atom. The third-order valence-corrected chi connectivity index (χ3v) is 7.42. The van der Waals surface area contributed by atoms with E-state index in [-0.39, 0.29) is 16.7 Å². The van der Waals surface area contributed by atoms with Gasteiger partial charge in [0.15, 0.2) is 5.76 Å². The lowest BCUT2D eigenvalue weighted by atomic mass is 9.96. The molecule has 0 aliphatic carbocycles. The van der Waals surface area contributed by atoms with Crippen molar-refractivity contribution < 1.29 is 17.7 Å². The highest BCUT2D eigenvalue weighted by atomic mass is 32.2. The molecule has 0 bridgehead atoms. The molecular formula is C20H27N3O4S. The number of aryl methyl sites for hydroxylation is 2. The van der Waals surface area contributed by atoms with Crippen LogP contribution in [0.1, 0.15) is 36.8 Å². The number of piperidine rings is 1. The van der Waals surface area contributed by atoms with E-state index < -0.39 is 10.0 Å². The third-order valence-electron chi connectivity index (χ3n) is 5.28. The van der Waals surface area contributed by atoms with E-state index in [0.717, 1.165) is 5.56 Å². The third kappa shape index (κ3) is 4.12. The van der Waals surface area contributed by atoms with Crippen molar-refractivity contribution >= 4 is 15.9 Å². The molecule has 0 spiro atoms. The lowest BCUT2D eigenvalue weighted by molar-refractivity contribution is -0.137. The minimum absolute atomic E-state index is 0.0979. The molecule has 7 nitrogen and oxygen atoms in total. The second-order valence-corrected chi connectivity index (χ2v) is 9.04. The van der Waals surface area contributed by atoms with Gasteiger partial charge in [-0.05, 0) is 39.2 Å². The second-order valence-electron chi connectivity index (χ2n) is 7.17. The maximum atomic E-state index is 13.0. The molecule has 1 amide bonds. The zero-order valence-corrected chi connectivity index (χ0v) is 17.4. The van der Waals surface area contributed by atoms with Crippen LogP contribution in [0.4, 0.5) is 0 Å². The molecule has 0 N–H and O–H groups in total. The fourth-order valence-corrected chi connectivity index (χ4v) is 5.48. The van der Waals surface area contributed by atoms with Crippen molar-refractivity contribution in [3.8, 4) is 0 Å². The number of hydrogen-bond donors (Lipinski definition) is 0. The predicted molar refractivity (Wildman–Crippen MR) is 105 cm³/mol. The van der Waals surface area contributed by atoms with Crippen molar-refractivity contribution in [2.24, 2.45) is 5.92 Å². The summed E-state index contributed by atoms with van der Waals surface area (Å²) in [5.41, 5.74) is 1.46. The molecule has 8 heteroatoms. The van der Waals surface area contributed by atoms with Crippen LogP contribution in [0.15, 0.2) is 39.8 Å². The first kappa shape index (κ1) is 20.5. The molecule has 152 valence electrons. The lowest BCUT2D eigenvalue weighted by Gasteiger charge is -2.33. The zero-order chi connectivity index (χ0) is 20.3. The van der Waals surface area contributed by atoms with Crippen molar-refractivity contribution in [1.29, 1.82) is 0 Å². The summed E-state index contributed by atoms with van der Waals surface area (Å²) in [6.45, 7) is 7.06. The van der Waals surface area contributed by atoms with Gasteiger partial charge >= 0.3 is 0 Å². The molecule has 28 heavy (non-hydrogen) atoms. The number of amides is 1. The first-order valence-electron chi connectivity index (χ1n) is 9.60. The fraction of sp³-hybridized carbons (Fsp3) is 0.500. The Kier molecular flexibility index (Phi) is 6.20. The van der Waals surface area contributed by atoms with Crippen LogP contribution >= 0.6 is 0 Å². The van der Waals surface area contributed by atoms with Gasteiger partial charge in [0.2, 0.25) is 15.9 Å². The largest absolute Gasteiger partial charge is 0.360 e. The normalized spacial score (nSPS) is 16.2. The summed E-state index contributed by atoms with van der Waals surface area (Å²) in [4.78, 5) is 15.0. The van der Waals surface area contributed by atoms with Gasteiger partial charge in [0.1, 0.15) is 10.6 Å². The van der Waals surface area contributed by atoms with Gasteiger partial charge in [0, 0.05) is 32.1 Å². The number of hydrogen-bond acceptors (Lipinski definition) is 5. The number of rotatable bonds is 6. The summed E-state index contributed by atoms with van der Waals surface area (Å²) < 4.78 is 32.3. The summed E-state index contributed by atoms with van der Waals surface area (Å²) in [5.74, 6) is 0.247. The highest BCUT2D eigenvalue weighted by Crippen LogP contribution is 2.28. The van der Waals surface area contributed by atoms with E-state index in [2.05, 4.69) is 5.16 Å². The molecular weight excluding hydrogens is 378 g/mol. The van der Waals surface area contributed by atoms with Crippen molar-refractivity contribution in [3.05, 3.63) is 47.3 Å². The molecule has 2 aromatic rings. The van der Waals surface area contributed by atoms with E-state index in [9.17, 15) is 13.2 Å². The average molecular weight is 406 g/mol. The molecule has 1 fully saturated rings. The smallest absolute Gasteiger partial charge is 0.248 e. The maximum Gasteiger partial charge on any atom is 0.248 e. The zero-order valence-electron chi connectivity index (χ0n) is 16.6. The van der Waals surface area contributed by atoms with Gasteiger partial charge < -0.3 is 9.42 Å². The average Bonchev–Trinajstić information content (AvgIpc) is 3.05. The van der Waals surface area contributed by atoms with Gasteiger partial charge in [-0.2, -0.15) is 4.31 Å². The number of aromatic nitrogens is 1. The van der Waals surface area contributed by atoms with Crippen LogP contribution in [-0.4, -0.2) is 48.3 Å². The first-order valence-corrected chi connectivity index (χ1v) is 11.0. The van der Waals surface area contributed by atoms with Crippen LogP contribution in [0.3, 0.4) is 0 Å². The summed E-state index contributed by atoms with van der Waals surface area (Å²) in [5, 5.41) is 3.75. The summed E-state index contributed by atoms with van der Waals surface area (Å²) in [6.07, 6.45) is 1.04. The number of carbonyl (C=O) groups excluding carboxylic acids is 1. The van der Waals surface area contributed by atoms with Gasteiger partial charge in [-0.15, -0.1) is 0 Å². The fourth-order valence-electron chi connectivity index (χ4n) is 3.72. The Bertz CT molecular complexity index is 897. The molecule has 1 aliphatic rings. The lowest BCUT2D eigenvalue weighted by Crippen LogP contribution is -2.44. The van der Waals surface area contributed by atoms with Crippen molar-refractivity contribution in [2.75, 3.05) is 19.6 Å². The van der Waals surface area contributed by atoms with Crippen LogP contribution in [0.5, 0.6) is 0 Å². The highest BCUT2D eigenvalue weighted by molar-refractivity contribution is 7.89. The maximum absolute atomic E-state index is 13.0. The van der Waals surface area contributed by atoms with Gasteiger partial charge in [0.05, 0.1) is 0 Å². The van der Waals surface area contributed by atoms with Crippen molar-refractivity contribution in [1.82, 2.24) is 14.4 Å². The second kappa shape index (κ2) is 8.45. The minimum Gasteiger partial charge on any atom is -0.360 e. The molecule has 0 radical (unpaired) electrons. The highest BCUT2D eigenvalue weighted by Gasteiger charge is 2.36. The van der Waals surface area contributed by atoms with Crippen LogP contribution in [0, 0.1) is 19.8 Å². The quantitative estimate of drug-likeness (QED) is 0.738. The Balaban J connectivity index is 1.65. The van der Waals surface area contributed by atoms with E-state index in [0.29, 0.717) is 50.5 Å². The molecule has 0 unspecified atom stereocenters. The molecule has 2 heterocycles. The SMILES string of the molecule is CCN(Cc1ccccc1)C(=O)C1CCN(S(=O)(=O)c2c(C)noc2C)CC1. The Labute approximate surface area is 166 Å². The van der Waals surface area contributed by atoms with E-state index >= 15 is 0 Å². The molecule has 1 aromatic heterocycles. The molecule has 0 saturated carbocycles. The van der Waals surface area contributed by atoms with Gasteiger partial charge in [-0.25, -0.2) is 8.42 Å². The Hall–Kier alpha value is -2.19. The number of carbonyl (C=O) groups is 1. The summed E-state index contributed by atoms with van der Waals surface area (Å²) in [7, 11) is -3.65. The topological polar surface area (TPSA) is 83.7 Å². The summed E-state index contributed by atoms with van der Waals surface area (Å²) in [6, 6.07) is 9.90. The number of nitrogens with zero attached hydrogens (tertiary/aromatic N) is 3. The van der Waals surface area contributed by atoms with Crippen LogP contribution in [0.2, 0.25) is 0 Å². The van der Waals surface area contributed by atoms with Crippen molar-refractivity contribution in [2.45, 2.75) is 45.1 Å². The standard InChI is InChI=1S/C20H27N3O4S/c1-4-22(14-17-8-6-5-7-9-17)20(24)18-10-12-23(13-11-18)28(25,26)19-15(2)21-27-16(19)3/h5-9,18H,4,10-14H2,1-3H3. The minimum atomic E-state index is -3.65. The van der Waals surface area contributed by atoms with Crippen LogP contribution in [0.25, 0.3) is 0 Å². The monoisotopic (exact) mass is 405 g/mol. The number of sulfonamides is 1. The number of benzene rings is 1. The van der Waals surface area contributed by atoms with Gasteiger partial charge in [0.25, 0.3) is 0 Å². The van der Waals surface area contributed by atoms with E-state index in [1.54, 1.807) is 13.8 Å². The Morgan fingerprint density at radius 1 is 1.21 bits per heavy atom. The molecule has 1 aromatic carbocycles. The Morgan fingerprint density at radius 3 is 2.39 bits per heavy atom. The molecule has 0 atom stereocenters. The molecule has 1 aliphatic heterocycles. The first-order chi connectivity index (χ1) is 13.3. The molecule has 3 rings (SSSR count). The van der Waals surface area contributed by atoms with Gasteiger partial charge in [-0.1, -0.05) is 35.5 Å². The summed E-state index contributed by atoms with van der Waals surface area (Å²) >= 11 is 0. The van der Waals surface area contributed by atoms with E-state index in [4.69, 9.17) is 4.52 Å². The van der Waals surface area contributed by atoms with E-state index in [1.807, 2.05) is 42.2 Å². The van der Waals surface area contributed by atoms with Gasteiger partial charge in [-0.3, -0.25) is 4.79 Å². The van der Waals surface area contributed by atoms with E-state index in [1.165, 1.54) is 4.31 Å².